The van der Waals surface area contributed by atoms with Crippen molar-refractivity contribution in [3.63, 3.8) is 0 Å². The molecule has 0 aliphatic rings. The van der Waals surface area contributed by atoms with Gasteiger partial charge < -0.3 is 14.2 Å². The number of fused-ring (bicyclic) bond motifs is 1. The van der Waals surface area contributed by atoms with Crippen molar-refractivity contribution in [2.75, 3.05) is 26.4 Å². The molecule has 4 heterocycles. The molecule has 10 nitrogen and oxygen atoms in total. The van der Waals surface area contributed by atoms with Crippen molar-refractivity contribution in [3.8, 4) is 17.0 Å². The normalized spacial score (nSPS) is 11.4. The summed E-state index contributed by atoms with van der Waals surface area (Å²) in [5, 5.41) is 9.86. The van der Waals surface area contributed by atoms with Gasteiger partial charge in [-0.05, 0) is 87.3 Å². The number of carbonyl (C=O) groups is 1. The van der Waals surface area contributed by atoms with Gasteiger partial charge in [-0.1, -0.05) is 55.0 Å². The zero-order valence-electron chi connectivity index (χ0n) is 31.8. The smallest absolute Gasteiger partial charge is 0.308 e. The molecule has 54 heavy (non-hydrogen) atoms. The SMILES string of the molecule is CC(=O)Oc1c(-c2cn(CCCCCCOCCCc3ccc[n+](CCCCCCCCOCCCc4cccnc4)c3)nn2)cc(Cl)c2cccnc12. The molecule has 288 valence electrons. The number of rotatable bonds is 26. The Bertz CT molecular complexity index is 1840. The van der Waals surface area contributed by atoms with E-state index in [9.17, 15) is 4.79 Å². The van der Waals surface area contributed by atoms with E-state index < -0.39 is 5.97 Å². The number of benzene rings is 1. The number of hydrogen-bond donors (Lipinski definition) is 0. The molecule has 0 saturated heterocycles. The molecule has 0 fully saturated rings. The third kappa shape index (κ3) is 14.2. The molecule has 0 amide bonds. The van der Waals surface area contributed by atoms with Crippen LogP contribution in [-0.2, 0) is 40.2 Å². The van der Waals surface area contributed by atoms with Crippen LogP contribution in [0.3, 0.4) is 0 Å². The van der Waals surface area contributed by atoms with E-state index in [4.69, 9.17) is 25.8 Å². The highest BCUT2D eigenvalue weighted by Crippen LogP contribution is 2.39. The van der Waals surface area contributed by atoms with Crippen molar-refractivity contribution in [1.82, 2.24) is 25.0 Å². The third-order valence-electron chi connectivity index (χ3n) is 9.39. The molecule has 0 spiro atoms. The Balaban J connectivity index is 0.856. The number of esters is 1. The predicted molar refractivity (Wildman–Crippen MR) is 212 cm³/mol. The second kappa shape index (κ2) is 23.5. The first kappa shape index (κ1) is 40.9. The number of nitrogens with zero attached hydrogens (tertiary/aromatic N) is 6. The zero-order chi connectivity index (χ0) is 37.6. The number of carbonyl (C=O) groups excluding carboxylic acids is 1. The minimum Gasteiger partial charge on any atom is -0.424 e. The Morgan fingerprint density at radius 1 is 0.796 bits per heavy atom. The molecule has 0 unspecified atom stereocenters. The van der Waals surface area contributed by atoms with Crippen LogP contribution in [0.2, 0.25) is 5.02 Å². The van der Waals surface area contributed by atoms with Crippen molar-refractivity contribution >= 4 is 28.5 Å². The summed E-state index contributed by atoms with van der Waals surface area (Å²) in [5.41, 5.74) is 4.36. The van der Waals surface area contributed by atoms with Gasteiger partial charge in [-0.3, -0.25) is 19.4 Å². The lowest BCUT2D eigenvalue weighted by Crippen LogP contribution is -2.33. The molecule has 0 N–H and O–H groups in total. The second-order valence-electron chi connectivity index (χ2n) is 13.9. The van der Waals surface area contributed by atoms with Crippen LogP contribution in [0.1, 0.15) is 95.1 Å². The van der Waals surface area contributed by atoms with Crippen LogP contribution in [0, 0.1) is 0 Å². The van der Waals surface area contributed by atoms with Gasteiger partial charge in [-0.15, -0.1) is 5.10 Å². The number of ether oxygens (including phenoxy) is 3. The van der Waals surface area contributed by atoms with Crippen molar-refractivity contribution in [2.24, 2.45) is 0 Å². The van der Waals surface area contributed by atoms with Crippen molar-refractivity contribution in [2.45, 2.75) is 110 Å². The topological polar surface area (TPSA) is 105 Å². The van der Waals surface area contributed by atoms with E-state index in [2.05, 4.69) is 55.4 Å². The summed E-state index contributed by atoms with van der Waals surface area (Å²) in [5.74, 6) is -0.0899. The van der Waals surface area contributed by atoms with E-state index in [0.717, 1.165) is 97.3 Å². The average molecular weight is 756 g/mol. The van der Waals surface area contributed by atoms with Gasteiger partial charge in [0.1, 0.15) is 17.8 Å². The molecule has 0 radical (unpaired) electrons. The summed E-state index contributed by atoms with van der Waals surface area (Å²) in [7, 11) is 0. The van der Waals surface area contributed by atoms with Crippen LogP contribution in [0.15, 0.2) is 79.6 Å². The second-order valence-corrected chi connectivity index (χ2v) is 14.3. The fourth-order valence-corrected chi connectivity index (χ4v) is 6.81. The molecule has 0 aliphatic carbocycles. The van der Waals surface area contributed by atoms with Crippen LogP contribution < -0.4 is 9.30 Å². The first-order valence-corrected chi connectivity index (χ1v) is 20.1. The molecule has 5 aromatic rings. The molecule has 4 aromatic heterocycles. The van der Waals surface area contributed by atoms with Gasteiger partial charge >= 0.3 is 5.97 Å². The Kier molecular flexibility index (Phi) is 17.8. The zero-order valence-corrected chi connectivity index (χ0v) is 32.6. The molecule has 1 aromatic carbocycles. The average Bonchev–Trinajstić information content (AvgIpc) is 3.66. The highest BCUT2D eigenvalue weighted by atomic mass is 35.5. The summed E-state index contributed by atoms with van der Waals surface area (Å²) in [4.78, 5) is 20.4. The van der Waals surface area contributed by atoms with Crippen molar-refractivity contribution in [3.05, 3.63) is 95.8 Å². The minimum absolute atomic E-state index is 0.344. The Morgan fingerprint density at radius 3 is 2.24 bits per heavy atom. The summed E-state index contributed by atoms with van der Waals surface area (Å²) < 4.78 is 21.5. The lowest BCUT2D eigenvalue weighted by atomic mass is 10.1. The van der Waals surface area contributed by atoms with Gasteiger partial charge in [-0.25, -0.2) is 4.57 Å². The van der Waals surface area contributed by atoms with Crippen LogP contribution in [-0.4, -0.2) is 57.4 Å². The Hall–Kier alpha value is -4.25. The van der Waals surface area contributed by atoms with Gasteiger partial charge in [0.15, 0.2) is 18.1 Å². The molecule has 0 aliphatic heterocycles. The Morgan fingerprint density at radius 2 is 1.48 bits per heavy atom. The quantitative estimate of drug-likeness (QED) is 0.0239. The fraction of sp³-hybridized carbons (Fsp3) is 0.488. The number of hydrogen-bond acceptors (Lipinski definition) is 8. The molecule has 11 heteroatoms. The largest absolute Gasteiger partial charge is 0.424 e. The maximum absolute atomic E-state index is 11.9. The summed E-state index contributed by atoms with van der Waals surface area (Å²) in [6.07, 6.45) is 27.6. The number of unbranched alkanes of at least 4 members (excludes halogenated alkanes) is 8. The lowest BCUT2D eigenvalue weighted by Gasteiger charge is -2.11. The van der Waals surface area contributed by atoms with Gasteiger partial charge in [0.05, 0.1) is 16.8 Å². The van der Waals surface area contributed by atoms with Crippen molar-refractivity contribution < 1.29 is 23.6 Å². The molecule has 0 bridgehead atoms. The maximum Gasteiger partial charge on any atom is 0.308 e. The molecular weight excluding hydrogens is 700 g/mol. The number of pyridine rings is 3. The first-order valence-electron chi connectivity index (χ1n) is 19.8. The van der Waals surface area contributed by atoms with E-state index in [-0.39, 0.29) is 0 Å². The maximum atomic E-state index is 11.9. The van der Waals surface area contributed by atoms with Crippen LogP contribution in [0.5, 0.6) is 5.75 Å². The monoisotopic (exact) mass is 755 g/mol. The number of aromatic nitrogens is 6. The van der Waals surface area contributed by atoms with E-state index in [1.165, 1.54) is 50.2 Å². The molecular formula is C43H56ClN6O4+. The van der Waals surface area contributed by atoms with E-state index in [1.54, 1.807) is 18.3 Å². The molecule has 0 atom stereocenters. The van der Waals surface area contributed by atoms with E-state index >= 15 is 0 Å². The highest BCUT2D eigenvalue weighted by Gasteiger charge is 2.19. The van der Waals surface area contributed by atoms with Gasteiger partial charge in [-0.2, -0.15) is 0 Å². The highest BCUT2D eigenvalue weighted by molar-refractivity contribution is 6.36. The van der Waals surface area contributed by atoms with Gasteiger partial charge in [0.2, 0.25) is 0 Å². The summed E-state index contributed by atoms with van der Waals surface area (Å²) in [6.45, 7) is 6.49. The van der Waals surface area contributed by atoms with E-state index in [0.29, 0.717) is 32.9 Å². The summed E-state index contributed by atoms with van der Waals surface area (Å²) in [6, 6.07) is 13.9. The lowest BCUT2D eigenvalue weighted by molar-refractivity contribution is -0.697. The minimum atomic E-state index is -0.434. The standard InChI is InChI=1S/C43H56ClN6O4/c1-35(51)54-43-39(31-40(44)38-21-13-23-46-42(38)43)41-34-50(48-47-41)26-9-5-7-11-28-53-30-16-20-37-18-14-25-49(33-37)24-8-4-2-3-6-10-27-52-29-15-19-36-17-12-22-45-32-36/h12-14,17-18,21-23,25,31-34H,2-11,15-16,19-20,24,26-30H2,1H3/q+1. The van der Waals surface area contributed by atoms with E-state index in [1.807, 2.05) is 35.4 Å². The Labute approximate surface area is 325 Å². The molecule has 5 rings (SSSR count). The van der Waals surface area contributed by atoms with Crippen LogP contribution >= 0.6 is 11.6 Å². The first-order chi connectivity index (χ1) is 26.6. The number of halogens is 1. The fourth-order valence-electron chi connectivity index (χ4n) is 6.55. The van der Waals surface area contributed by atoms with Gasteiger partial charge in [0, 0.05) is 81.9 Å². The summed E-state index contributed by atoms with van der Waals surface area (Å²) >= 11 is 6.54. The molecule has 0 saturated carbocycles. The third-order valence-corrected chi connectivity index (χ3v) is 9.70. The predicted octanol–water partition coefficient (Wildman–Crippen LogP) is 8.95. The van der Waals surface area contributed by atoms with Crippen LogP contribution in [0.4, 0.5) is 0 Å². The van der Waals surface area contributed by atoms with Gasteiger partial charge in [0.25, 0.3) is 0 Å². The van der Waals surface area contributed by atoms with Crippen LogP contribution in [0.25, 0.3) is 22.2 Å². The van der Waals surface area contributed by atoms with Crippen molar-refractivity contribution in [1.29, 1.82) is 0 Å². The number of aryl methyl sites for hydroxylation is 4.